The molecule has 2 rings (SSSR count). The van der Waals surface area contributed by atoms with Crippen molar-refractivity contribution in [3.63, 3.8) is 0 Å². The molecule has 0 bridgehead atoms. The van der Waals surface area contributed by atoms with E-state index in [-0.39, 0.29) is 6.10 Å². The fourth-order valence-electron chi connectivity index (χ4n) is 2.79. The van der Waals surface area contributed by atoms with Gasteiger partial charge in [0.25, 0.3) is 0 Å². The Bertz CT molecular complexity index is 625. The van der Waals surface area contributed by atoms with E-state index in [0.29, 0.717) is 42.5 Å². The molecule has 24 heavy (non-hydrogen) atoms. The molecule has 6 nitrogen and oxygen atoms in total. The fraction of sp³-hybridized carbons (Fsp3) is 0.611. The van der Waals surface area contributed by atoms with Crippen LogP contribution in [0.2, 0.25) is 0 Å². The van der Waals surface area contributed by atoms with Crippen molar-refractivity contribution in [1.29, 1.82) is 0 Å². The molecule has 1 aromatic heterocycles. The van der Waals surface area contributed by atoms with Crippen LogP contribution in [0.25, 0.3) is 5.76 Å². The van der Waals surface area contributed by atoms with Gasteiger partial charge in [-0.25, -0.2) is 4.79 Å². The van der Waals surface area contributed by atoms with Crippen molar-refractivity contribution in [1.82, 2.24) is 0 Å². The molecule has 0 spiro atoms. The average molecular weight is 338 g/mol. The minimum Gasteiger partial charge on any atom is -0.493 e. The van der Waals surface area contributed by atoms with E-state index in [2.05, 4.69) is 0 Å². The summed E-state index contributed by atoms with van der Waals surface area (Å²) in [6.07, 6.45) is 0.618. The standard InChI is InChI=1S/C18H26O6/c1-7-21-17(19)14-9-15(23-12(14)3)16(20-6)11(2)8-13-10-22-18(4,5)24-13/h9,13H,7-8,10H2,1-6H3/t13-/m0/s1. The van der Waals surface area contributed by atoms with Crippen LogP contribution in [-0.2, 0) is 18.9 Å². The minimum atomic E-state index is -0.559. The van der Waals surface area contributed by atoms with Crippen LogP contribution in [0.1, 0.15) is 56.0 Å². The van der Waals surface area contributed by atoms with E-state index in [9.17, 15) is 4.79 Å². The molecule has 134 valence electrons. The molecular weight excluding hydrogens is 312 g/mol. The summed E-state index contributed by atoms with van der Waals surface area (Å²) < 4.78 is 27.7. The zero-order chi connectivity index (χ0) is 17.9. The fourth-order valence-corrected chi connectivity index (χ4v) is 2.79. The molecule has 1 aliphatic rings. The Balaban J connectivity index is 2.21. The molecule has 0 aliphatic carbocycles. The quantitative estimate of drug-likeness (QED) is 0.582. The lowest BCUT2D eigenvalue weighted by molar-refractivity contribution is -0.138. The number of aryl methyl sites for hydroxylation is 1. The number of rotatable bonds is 6. The first-order chi connectivity index (χ1) is 11.3. The molecule has 0 saturated carbocycles. The maximum atomic E-state index is 11.9. The predicted molar refractivity (Wildman–Crippen MR) is 88.5 cm³/mol. The van der Waals surface area contributed by atoms with Gasteiger partial charge in [0, 0.05) is 12.5 Å². The van der Waals surface area contributed by atoms with Crippen LogP contribution in [0.15, 0.2) is 16.1 Å². The molecular formula is C18H26O6. The molecule has 0 aromatic carbocycles. The van der Waals surface area contributed by atoms with Crippen LogP contribution < -0.4 is 0 Å². The normalized spacial score (nSPS) is 20.7. The molecule has 1 fully saturated rings. The Morgan fingerprint density at radius 2 is 2.12 bits per heavy atom. The second kappa shape index (κ2) is 7.40. The van der Waals surface area contributed by atoms with E-state index in [4.69, 9.17) is 23.4 Å². The molecule has 1 saturated heterocycles. The lowest BCUT2D eigenvalue weighted by atomic mass is 10.1. The van der Waals surface area contributed by atoms with E-state index < -0.39 is 11.8 Å². The molecule has 1 aliphatic heterocycles. The summed E-state index contributed by atoms with van der Waals surface area (Å²) in [5.74, 6) is 0.659. The lowest BCUT2D eigenvalue weighted by Crippen LogP contribution is -2.21. The lowest BCUT2D eigenvalue weighted by Gasteiger charge is -2.17. The highest BCUT2D eigenvalue weighted by molar-refractivity contribution is 5.91. The number of methoxy groups -OCH3 is 1. The number of hydrogen-bond acceptors (Lipinski definition) is 6. The van der Waals surface area contributed by atoms with E-state index in [1.807, 2.05) is 20.8 Å². The van der Waals surface area contributed by atoms with Crippen molar-refractivity contribution in [2.24, 2.45) is 0 Å². The molecule has 6 heteroatoms. The van der Waals surface area contributed by atoms with Crippen molar-refractivity contribution in [3.8, 4) is 0 Å². The second-order valence-electron chi connectivity index (χ2n) is 6.27. The first kappa shape index (κ1) is 18.5. The van der Waals surface area contributed by atoms with Gasteiger partial charge in [-0.15, -0.1) is 0 Å². The van der Waals surface area contributed by atoms with Gasteiger partial charge in [0.05, 0.1) is 26.4 Å². The van der Waals surface area contributed by atoms with Crippen LogP contribution in [-0.4, -0.2) is 38.2 Å². The number of furan rings is 1. The molecule has 1 atom stereocenters. The summed E-state index contributed by atoms with van der Waals surface area (Å²) in [5.41, 5.74) is 1.38. The van der Waals surface area contributed by atoms with Crippen molar-refractivity contribution in [3.05, 3.63) is 28.7 Å². The van der Waals surface area contributed by atoms with Gasteiger partial charge in [-0.05, 0) is 40.2 Å². The predicted octanol–water partition coefficient (Wildman–Crippen LogP) is 3.68. The highest BCUT2D eigenvalue weighted by atomic mass is 16.7. The Labute approximate surface area is 142 Å². The van der Waals surface area contributed by atoms with E-state index >= 15 is 0 Å². The first-order valence-corrected chi connectivity index (χ1v) is 8.10. The summed E-state index contributed by atoms with van der Waals surface area (Å²) in [7, 11) is 1.58. The number of esters is 1. The Hall–Kier alpha value is -1.79. The van der Waals surface area contributed by atoms with Crippen molar-refractivity contribution in [2.75, 3.05) is 20.3 Å². The number of hydrogen-bond donors (Lipinski definition) is 0. The van der Waals surface area contributed by atoms with Gasteiger partial charge in [-0.2, -0.15) is 0 Å². The van der Waals surface area contributed by atoms with Crippen molar-refractivity contribution in [2.45, 2.75) is 52.9 Å². The first-order valence-electron chi connectivity index (χ1n) is 8.10. The van der Waals surface area contributed by atoms with E-state index in [1.54, 1.807) is 27.0 Å². The number of ether oxygens (including phenoxy) is 4. The number of carbonyl (C=O) groups excluding carboxylic acids is 1. The Morgan fingerprint density at radius 3 is 2.67 bits per heavy atom. The maximum Gasteiger partial charge on any atom is 0.341 e. The molecule has 0 unspecified atom stereocenters. The average Bonchev–Trinajstić information content (AvgIpc) is 3.03. The van der Waals surface area contributed by atoms with Crippen LogP contribution in [0.4, 0.5) is 0 Å². The van der Waals surface area contributed by atoms with Gasteiger partial charge in [0.1, 0.15) is 11.3 Å². The zero-order valence-corrected chi connectivity index (χ0v) is 15.2. The molecule has 0 N–H and O–H groups in total. The van der Waals surface area contributed by atoms with Gasteiger partial charge in [0.2, 0.25) is 0 Å². The van der Waals surface area contributed by atoms with Crippen molar-refractivity contribution >= 4 is 11.7 Å². The van der Waals surface area contributed by atoms with Gasteiger partial charge in [0.15, 0.2) is 17.3 Å². The molecule has 0 amide bonds. The highest BCUT2D eigenvalue weighted by Gasteiger charge is 2.33. The number of carbonyl (C=O) groups is 1. The molecule has 2 heterocycles. The van der Waals surface area contributed by atoms with E-state index in [1.165, 1.54) is 0 Å². The van der Waals surface area contributed by atoms with Crippen LogP contribution in [0.5, 0.6) is 0 Å². The van der Waals surface area contributed by atoms with E-state index in [0.717, 1.165) is 5.57 Å². The summed E-state index contributed by atoms with van der Waals surface area (Å²) >= 11 is 0. The smallest absolute Gasteiger partial charge is 0.341 e. The third-order valence-electron chi connectivity index (χ3n) is 3.83. The second-order valence-corrected chi connectivity index (χ2v) is 6.27. The van der Waals surface area contributed by atoms with Gasteiger partial charge >= 0.3 is 5.97 Å². The summed E-state index contributed by atoms with van der Waals surface area (Å²) in [6.45, 7) is 10.1. The topological polar surface area (TPSA) is 67.1 Å². The largest absolute Gasteiger partial charge is 0.493 e. The van der Waals surface area contributed by atoms with Crippen LogP contribution in [0, 0.1) is 6.92 Å². The van der Waals surface area contributed by atoms with Crippen LogP contribution >= 0.6 is 0 Å². The van der Waals surface area contributed by atoms with Crippen molar-refractivity contribution < 1.29 is 28.2 Å². The summed E-state index contributed by atoms with van der Waals surface area (Å²) in [5, 5.41) is 0. The third-order valence-corrected chi connectivity index (χ3v) is 3.83. The van der Waals surface area contributed by atoms with Gasteiger partial charge < -0.3 is 23.4 Å². The third kappa shape index (κ3) is 4.19. The Kier molecular flexibility index (Phi) is 5.72. The molecule has 0 radical (unpaired) electrons. The maximum absolute atomic E-state index is 11.9. The zero-order valence-electron chi connectivity index (χ0n) is 15.2. The summed E-state index contributed by atoms with van der Waals surface area (Å²) in [6, 6.07) is 1.66. The van der Waals surface area contributed by atoms with Crippen LogP contribution in [0.3, 0.4) is 0 Å². The minimum absolute atomic E-state index is 0.0364. The van der Waals surface area contributed by atoms with Gasteiger partial charge in [-0.1, -0.05) is 0 Å². The Morgan fingerprint density at radius 1 is 1.42 bits per heavy atom. The highest BCUT2D eigenvalue weighted by Crippen LogP contribution is 2.31. The van der Waals surface area contributed by atoms with Gasteiger partial charge in [-0.3, -0.25) is 0 Å². The SMILES string of the molecule is CCOC(=O)c1cc(C(OC)=C(C)C[C@H]2COC(C)(C)O2)oc1C. The molecule has 1 aromatic rings. The monoisotopic (exact) mass is 338 g/mol. The summed E-state index contributed by atoms with van der Waals surface area (Å²) in [4.78, 5) is 11.9.